The van der Waals surface area contributed by atoms with Gasteiger partial charge in [-0.3, -0.25) is 4.79 Å². The predicted octanol–water partition coefficient (Wildman–Crippen LogP) is -1.03. The van der Waals surface area contributed by atoms with E-state index >= 15 is 0 Å². The molecule has 0 radical (unpaired) electrons. The van der Waals surface area contributed by atoms with Crippen molar-refractivity contribution >= 4 is 5.91 Å². The molecule has 6 nitrogen and oxygen atoms in total. The number of hydrogen-bond donors (Lipinski definition) is 1. The smallest absolute Gasteiger partial charge is 0.239 e. The monoisotopic (exact) mass is 195 g/mol. The van der Waals surface area contributed by atoms with Gasteiger partial charge in [-0.15, -0.1) is 10.2 Å². The van der Waals surface area contributed by atoms with Crippen molar-refractivity contribution < 1.29 is 4.79 Å². The molecule has 2 rings (SSSR count). The highest BCUT2D eigenvalue weighted by Crippen LogP contribution is 2.09. The van der Waals surface area contributed by atoms with Crippen LogP contribution in [-0.4, -0.2) is 38.2 Å². The minimum atomic E-state index is -0.440. The summed E-state index contributed by atoms with van der Waals surface area (Å²) in [6, 6.07) is -0.440. The molecule has 2 heterocycles. The van der Waals surface area contributed by atoms with Gasteiger partial charge in [0.15, 0.2) is 5.82 Å². The first-order valence-corrected chi connectivity index (χ1v) is 4.59. The van der Waals surface area contributed by atoms with E-state index in [1.807, 2.05) is 4.57 Å². The largest absolute Gasteiger partial charge is 0.332 e. The molecule has 0 saturated carbocycles. The van der Waals surface area contributed by atoms with Gasteiger partial charge in [-0.2, -0.15) is 0 Å². The second-order valence-electron chi connectivity index (χ2n) is 3.49. The second-order valence-corrected chi connectivity index (χ2v) is 3.49. The number of hydrogen-bond acceptors (Lipinski definition) is 4. The van der Waals surface area contributed by atoms with Crippen molar-refractivity contribution in [1.29, 1.82) is 0 Å². The summed E-state index contributed by atoms with van der Waals surface area (Å²) in [5, 5.41) is 7.71. The van der Waals surface area contributed by atoms with Gasteiger partial charge in [-0.05, 0) is 6.92 Å². The number of carbonyl (C=O) groups is 1. The highest BCUT2D eigenvalue weighted by molar-refractivity contribution is 5.81. The Bertz CT molecular complexity index is 345. The topological polar surface area (TPSA) is 77.0 Å². The predicted molar refractivity (Wildman–Crippen MR) is 49.1 cm³/mol. The van der Waals surface area contributed by atoms with Gasteiger partial charge in [-0.25, -0.2) is 0 Å². The Hall–Kier alpha value is -1.43. The van der Waals surface area contributed by atoms with E-state index in [1.54, 1.807) is 18.2 Å². The number of rotatable bonds is 1. The van der Waals surface area contributed by atoms with Crippen LogP contribution in [-0.2, 0) is 17.9 Å². The lowest BCUT2D eigenvalue weighted by atomic mass is 10.2. The Labute approximate surface area is 81.7 Å². The standard InChI is InChI=1S/C8H13N5O/c1-6(9)8(14)12-2-3-13-5-10-11-7(13)4-12/h5-6H,2-4,9H2,1H3/t6-/m0/s1. The van der Waals surface area contributed by atoms with Crippen LogP contribution >= 0.6 is 0 Å². The summed E-state index contributed by atoms with van der Waals surface area (Å²) in [7, 11) is 0. The van der Waals surface area contributed by atoms with Crippen LogP contribution in [0.25, 0.3) is 0 Å². The quantitative estimate of drug-likeness (QED) is 0.621. The van der Waals surface area contributed by atoms with Crippen molar-refractivity contribution in [1.82, 2.24) is 19.7 Å². The van der Waals surface area contributed by atoms with E-state index < -0.39 is 6.04 Å². The Balaban J connectivity index is 2.11. The molecule has 1 aliphatic rings. The first-order chi connectivity index (χ1) is 6.68. The molecule has 1 aliphatic heterocycles. The van der Waals surface area contributed by atoms with Gasteiger partial charge in [-0.1, -0.05) is 0 Å². The van der Waals surface area contributed by atoms with Crippen LogP contribution in [0.4, 0.5) is 0 Å². The van der Waals surface area contributed by atoms with Gasteiger partial charge in [0, 0.05) is 13.1 Å². The van der Waals surface area contributed by atoms with Crippen molar-refractivity contribution in [2.45, 2.75) is 26.1 Å². The molecule has 1 atom stereocenters. The van der Waals surface area contributed by atoms with Crippen LogP contribution in [0.15, 0.2) is 6.33 Å². The number of nitrogens with two attached hydrogens (primary N) is 1. The summed E-state index contributed by atoms with van der Waals surface area (Å²) in [5.74, 6) is 0.796. The number of aromatic nitrogens is 3. The van der Waals surface area contributed by atoms with Crippen LogP contribution in [0.5, 0.6) is 0 Å². The maximum absolute atomic E-state index is 11.6. The van der Waals surface area contributed by atoms with E-state index in [0.717, 1.165) is 12.4 Å². The zero-order valence-corrected chi connectivity index (χ0v) is 8.05. The minimum Gasteiger partial charge on any atom is -0.332 e. The van der Waals surface area contributed by atoms with Gasteiger partial charge < -0.3 is 15.2 Å². The maximum atomic E-state index is 11.6. The molecule has 1 amide bonds. The molecule has 0 aliphatic carbocycles. The highest BCUT2D eigenvalue weighted by Gasteiger charge is 2.23. The summed E-state index contributed by atoms with van der Waals surface area (Å²) < 4.78 is 1.95. The van der Waals surface area contributed by atoms with Gasteiger partial charge in [0.05, 0.1) is 12.6 Å². The van der Waals surface area contributed by atoms with E-state index in [1.165, 1.54) is 0 Å². The lowest BCUT2D eigenvalue weighted by Crippen LogP contribution is -2.45. The normalized spacial score (nSPS) is 17.7. The third-order valence-corrected chi connectivity index (χ3v) is 2.34. The molecule has 0 aromatic carbocycles. The van der Waals surface area contributed by atoms with Crippen molar-refractivity contribution in [2.24, 2.45) is 5.73 Å². The molecule has 0 bridgehead atoms. The highest BCUT2D eigenvalue weighted by atomic mass is 16.2. The summed E-state index contributed by atoms with van der Waals surface area (Å²) in [6.07, 6.45) is 1.68. The zero-order valence-electron chi connectivity index (χ0n) is 8.05. The molecule has 0 fully saturated rings. The Morgan fingerprint density at radius 3 is 3.14 bits per heavy atom. The number of fused-ring (bicyclic) bond motifs is 1. The third kappa shape index (κ3) is 1.48. The molecule has 0 unspecified atom stereocenters. The summed E-state index contributed by atoms with van der Waals surface area (Å²) in [5.41, 5.74) is 5.53. The van der Waals surface area contributed by atoms with Crippen molar-refractivity contribution in [3.05, 3.63) is 12.2 Å². The SMILES string of the molecule is C[C@H](N)C(=O)N1CCn2cnnc2C1. The molecule has 14 heavy (non-hydrogen) atoms. The molecule has 0 saturated heterocycles. The zero-order chi connectivity index (χ0) is 10.1. The summed E-state index contributed by atoms with van der Waals surface area (Å²) in [4.78, 5) is 13.3. The van der Waals surface area contributed by atoms with Crippen LogP contribution in [0.3, 0.4) is 0 Å². The average molecular weight is 195 g/mol. The maximum Gasteiger partial charge on any atom is 0.239 e. The molecule has 76 valence electrons. The summed E-state index contributed by atoms with van der Waals surface area (Å²) in [6.45, 7) is 3.65. The van der Waals surface area contributed by atoms with Gasteiger partial charge in [0.25, 0.3) is 0 Å². The van der Waals surface area contributed by atoms with E-state index in [4.69, 9.17) is 5.73 Å². The minimum absolute atomic E-state index is 0.0285. The van der Waals surface area contributed by atoms with Crippen molar-refractivity contribution in [3.8, 4) is 0 Å². The molecular formula is C8H13N5O. The van der Waals surface area contributed by atoms with E-state index in [2.05, 4.69) is 10.2 Å². The fraction of sp³-hybridized carbons (Fsp3) is 0.625. The second kappa shape index (κ2) is 3.38. The molecule has 1 aromatic heterocycles. The van der Waals surface area contributed by atoms with Crippen molar-refractivity contribution in [2.75, 3.05) is 6.54 Å². The lowest BCUT2D eigenvalue weighted by molar-refractivity contribution is -0.133. The number of carbonyl (C=O) groups excluding carboxylic acids is 1. The first kappa shape index (κ1) is 9.14. The van der Waals surface area contributed by atoms with E-state index in [9.17, 15) is 4.79 Å². The summed E-state index contributed by atoms with van der Waals surface area (Å²) >= 11 is 0. The average Bonchev–Trinajstić information content (AvgIpc) is 2.62. The van der Waals surface area contributed by atoms with Crippen LogP contribution in [0.1, 0.15) is 12.7 Å². The Kier molecular flexibility index (Phi) is 2.20. The van der Waals surface area contributed by atoms with E-state index in [0.29, 0.717) is 13.1 Å². The van der Waals surface area contributed by atoms with Gasteiger partial charge in [0.1, 0.15) is 6.33 Å². The Morgan fingerprint density at radius 2 is 2.43 bits per heavy atom. The molecular weight excluding hydrogens is 182 g/mol. The van der Waals surface area contributed by atoms with Crippen LogP contribution < -0.4 is 5.73 Å². The molecule has 2 N–H and O–H groups in total. The fourth-order valence-corrected chi connectivity index (χ4v) is 1.54. The van der Waals surface area contributed by atoms with Gasteiger partial charge in [0.2, 0.25) is 5.91 Å². The van der Waals surface area contributed by atoms with Gasteiger partial charge >= 0.3 is 0 Å². The van der Waals surface area contributed by atoms with Crippen LogP contribution in [0, 0.1) is 0 Å². The van der Waals surface area contributed by atoms with E-state index in [-0.39, 0.29) is 5.91 Å². The lowest BCUT2D eigenvalue weighted by Gasteiger charge is -2.28. The molecule has 6 heteroatoms. The van der Waals surface area contributed by atoms with Crippen molar-refractivity contribution in [3.63, 3.8) is 0 Å². The number of amides is 1. The van der Waals surface area contributed by atoms with Crippen LogP contribution in [0.2, 0.25) is 0 Å². The number of nitrogens with zero attached hydrogens (tertiary/aromatic N) is 4. The fourth-order valence-electron chi connectivity index (χ4n) is 1.54. The molecule has 1 aromatic rings. The Morgan fingerprint density at radius 1 is 1.64 bits per heavy atom. The first-order valence-electron chi connectivity index (χ1n) is 4.59. The third-order valence-electron chi connectivity index (χ3n) is 2.34. The molecule has 0 spiro atoms.